The molecule has 0 saturated heterocycles. The Morgan fingerprint density at radius 2 is 1.72 bits per heavy atom. The second kappa shape index (κ2) is 8.01. The van der Waals surface area contributed by atoms with Crippen LogP contribution in [-0.4, -0.2) is 45.9 Å². The highest BCUT2D eigenvalue weighted by molar-refractivity contribution is 5.67. The minimum atomic E-state index is 0.231. The van der Waals surface area contributed by atoms with E-state index < -0.39 is 0 Å². The fourth-order valence-electron chi connectivity index (χ4n) is 2.87. The predicted octanol–water partition coefficient (Wildman–Crippen LogP) is 2.82. The first-order chi connectivity index (χ1) is 14.2. The smallest absolute Gasteiger partial charge is 0.319 e. The number of ether oxygens (including phenoxy) is 3. The zero-order chi connectivity index (χ0) is 20.2. The molecule has 148 valence electrons. The van der Waals surface area contributed by atoms with Gasteiger partial charge in [0.25, 0.3) is 0 Å². The second-order valence-corrected chi connectivity index (χ2v) is 6.11. The van der Waals surface area contributed by atoms with Crippen molar-refractivity contribution in [3.8, 4) is 28.9 Å². The van der Waals surface area contributed by atoms with E-state index in [9.17, 15) is 0 Å². The highest BCUT2D eigenvalue weighted by atomic mass is 16.5. The number of nitrogens with zero attached hydrogens (tertiary/aromatic N) is 5. The summed E-state index contributed by atoms with van der Waals surface area (Å²) >= 11 is 0. The Morgan fingerprint density at radius 1 is 0.897 bits per heavy atom. The lowest BCUT2D eigenvalue weighted by atomic mass is 10.2. The van der Waals surface area contributed by atoms with Crippen molar-refractivity contribution in [3.05, 3.63) is 54.4 Å². The van der Waals surface area contributed by atoms with Crippen LogP contribution in [0.25, 0.3) is 16.9 Å². The summed E-state index contributed by atoms with van der Waals surface area (Å²) in [5, 5.41) is 7.98. The van der Waals surface area contributed by atoms with Gasteiger partial charge in [-0.2, -0.15) is 4.98 Å². The van der Waals surface area contributed by atoms with Gasteiger partial charge >= 0.3 is 6.01 Å². The molecule has 1 N–H and O–H groups in total. The topological polar surface area (TPSA) is 95.7 Å². The van der Waals surface area contributed by atoms with E-state index in [0.29, 0.717) is 35.1 Å². The third-order valence-corrected chi connectivity index (χ3v) is 4.38. The number of nitrogens with one attached hydrogen (secondary N) is 1. The summed E-state index contributed by atoms with van der Waals surface area (Å²) in [6.07, 6.45) is 3.34. The summed E-state index contributed by atoms with van der Waals surface area (Å²) in [5.74, 6) is 1.92. The van der Waals surface area contributed by atoms with Gasteiger partial charge in [-0.15, -0.1) is 5.10 Å². The number of methoxy groups -OCH3 is 3. The van der Waals surface area contributed by atoms with Gasteiger partial charge in [-0.3, -0.25) is 0 Å². The molecule has 0 atom stereocenters. The molecule has 4 rings (SSSR count). The number of imidazole rings is 1. The average molecular weight is 392 g/mol. The number of benzene rings is 1. The maximum atomic E-state index is 5.39. The van der Waals surface area contributed by atoms with E-state index in [2.05, 4.69) is 25.4 Å². The van der Waals surface area contributed by atoms with Crippen LogP contribution in [-0.2, 0) is 6.54 Å². The van der Waals surface area contributed by atoms with Crippen LogP contribution in [0.15, 0.2) is 48.8 Å². The number of hydrogen-bond donors (Lipinski definition) is 1. The minimum Gasteiger partial charge on any atom is -0.497 e. The summed E-state index contributed by atoms with van der Waals surface area (Å²) in [4.78, 5) is 12.8. The molecule has 0 amide bonds. The van der Waals surface area contributed by atoms with Crippen molar-refractivity contribution >= 4 is 11.5 Å². The fourth-order valence-corrected chi connectivity index (χ4v) is 2.87. The highest BCUT2D eigenvalue weighted by Gasteiger charge is 2.15. The first-order valence-corrected chi connectivity index (χ1v) is 8.89. The maximum Gasteiger partial charge on any atom is 0.319 e. The first-order valence-electron chi connectivity index (χ1n) is 8.89. The number of hydrogen-bond acceptors (Lipinski definition) is 8. The molecular formula is C20H20N6O3. The molecule has 0 bridgehead atoms. The molecule has 0 saturated carbocycles. The second-order valence-electron chi connectivity index (χ2n) is 6.11. The molecule has 9 heteroatoms. The van der Waals surface area contributed by atoms with Crippen molar-refractivity contribution in [2.24, 2.45) is 0 Å². The van der Waals surface area contributed by atoms with E-state index in [4.69, 9.17) is 14.2 Å². The van der Waals surface area contributed by atoms with Crippen molar-refractivity contribution in [1.82, 2.24) is 24.6 Å². The molecule has 0 unspecified atom stereocenters. The first kappa shape index (κ1) is 18.5. The molecule has 0 radical (unpaired) electrons. The van der Waals surface area contributed by atoms with Gasteiger partial charge in [0.05, 0.1) is 38.8 Å². The monoisotopic (exact) mass is 392 g/mol. The fraction of sp³-hybridized carbons (Fsp3) is 0.200. The molecule has 29 heavy (non-hydrogen) atoms. The van der Waals surface area contributed by atoms with Crippen LogP contribution in [0.4, 0.5) is 5.82 Å². The lowest BCUT2D eigenvalue weighted by Crippen LogP contribution is -2.05. The molecule has 0 fully saturated rings. The molecule has 3 aromatic heterocycles. The maximum absolute atomic E-state index is 5.39. The summed E-state index contributed by atoms with van der Waals surface area (Å²) in [6.45, 7) is 0.626. The summed E-state index contributed by atoms with van der Waals surface area (Å²) in [5.41, 5.74) is 3.20. The van der Waals surface area contributed by atoms with E-state index in [0.717, 1.165) is 11.3 Å². The molecule has 0 aliphatic heterocycles. The molecule has 3 heterocycles. The van der Waals surface area contributed by atoms with Crippen LogP contribution in [0.2, 0.25) is 0 Å². The van der Waals surface area contributed by atoms with E-state index in [1.165, 1.54) is 7.11 Å². The summed E-state index contributed by atoms with van der Waals surface area (Å²) in [7, 11) is 4.70. The zero-order valence-corrected chi connectivity index (χ0v) is 16.3. The Bertz CT molecular complexity index is 1130. The SMILES string of the molecule is COc1ccc(CNc2ccc3ncc(-c4cnc(OC)nc4OC)n3n2)cc1. The van der Waals surface area contributed by atoms with Crippen LogP contribution < -0.4 is 19.5 Å². The van der Waals surface area contributed by atoms with Crippen molar-refractivity contribution in [1.29, 1.82) is 0 Å². The summed E-state index contributed by atoms with van der Waals surface area (Å²) in [6, 6.07) is 11.9. The lowest BCUT2D eigenvalue weighted by Gasteiger charge is -2.09. The molecule has 9 nitrogen and oxygen atoms in total. The van der Waals surface area contributed by atoms with Crippen LogP contribution in [0.3, 0.4) is 0 Å². The van der Waals surface area contributed by atoms with Crippen LogP contribution in [0.1, 0.15) is 5.56 Å². The molecule has 0 aliphatic rings. The highest BCUT2D eigenvalue weighted by Crippen LogP contribution is 2.29. The van der Waals surface area contributed by atoms with Crippen molar-refractivity contribution in [2.75, 3.05) is 26.6 Å². The molecule has 0 spiro atoms. The lowest BCUT2D eigenvalue weighted by molar-refractivity contribution is 0.353. The van der Waals surface area contributed by atoms with Gasteiger partial charge in [-0.25, -0.2) is 14.5 Å². The van der Waals surface area contributed by atoms with Gasteiger partial charge in [-0.1, -0.05) is 12.1 Å². The Balaban J connectivity index is 1.62. The Kier molecular flexibility index (Phi) is 5.10. The van der Waals surface area contributed by atoms with Crippen molar-refractivity contribution in [2.45, 2.75) is 6.54 Å². The van der Waals surface area contributed by atoms with Crippen molar-refractivity contribution < 1.29 is 14.2 Å². The molecule has 0 aliphatic carbocycles. The van der Waals surface area contributed by atoms with Gasteiger partial charge in [0.2, 0.25) is 5.88 Å². The summed E-state index contributed by atoms with van der Waals surface area (Å²) < 4.78 is 17.4. The zero-order valence-electron chi connectivity index (χ0n) is 16.3. The Morgan fingerprint density at radius 3 is 2.45 bits per heavy atom. The minimum absolute atomic E-state index is 0.231. The number of fused-ring (bicyclic) bond motifs is 1. The molecular weight excluding hydrogens is 372 g/mol. The van der Waals surface area contributed by atoms with Gasteiger partial charge in [0.15, 0.2) is 5.65 Å². The molecule has 4 aromatic rings. The largest absolute Gasteiger partial charge is 0.497 e. The van der Waals surface area contributed by atoms with Gasteiger partial charge in [0, 0.05) is 12.7 Å². The van der Waals surface area contributed by atoms with Gasteiger partial charge in [-0.05, 0) is 29.8 Å². The Hall–Kier alpha value is -3.88. The third-order valence-electron chi connectivity index (χ3n) is 4.38. The molecule has 1 aromatic carbocycles. The number of anilines is 1. The van der Waals surface area contributed by atoms with Crippen LogP contribution in [0.5, 0.6) is 17.6 Å². The quantitative estimate of drug-likeness (QED) is 0.513. The van der Waals surface area contributed by atoms with E-state index in [1.807, 2.05) is 36.4 Å². The van der Waals surface area contributed by atoms with Gasteiger partial charge < -0.3 is 19.5 Å². The normalized spacial score (nSPS) is 10.7. The number of rotatable bonds is 7. The number of aromatic nitrogens is 5. The third kappa shape index (κ3) is 3.75. The van der Waals surface area contributed by atoms with Crippen molar-refractivity contribution in [3.63, 3.8) is 0 Å². The van der Waals surface area contributed by atoms with E-state index >= 15 is 0 Å². The predicted molar refractivity (Wildman–Crippen MR) is 107 cm³/mol. The standard InChI is InChI=1S/C20H20N6O3/c1-27-14-6-4-13(5-7-14)10-21-17-8-9-18-22-12-16(26(18)25-17)15-11-23-20(29-3)24-19(15)28-2/h4-9,11-12H,10H2,1-3H3,(H,21,25). The van der Waals surface area contributed by atoms with Gasteiger partial charge in [0.1, 0.15) is 11.6 Å². The average Bonchev–Trinajstić information content (AvgIpc) is 3.20. The van der Waals surface area contributed by atoms with E-state index in [-0.39, 0.29) is 6.01 Å². The van der Waals surface area contributed by atoms with E-state index in [1.54, 1.807) is 31.1 Å². The Labute approximate surface area is 167 Å². The van der Waals surface area contributed by atoms with Crippen LogP contribution in [0, 0.1) is 0 Å². The van der Waals surface area contributed by atoms with Crippen LogP contribution >= 0.6 is 0 Å².